The van der Waals surface area contributed by atoms with E-state index in [1.165, 1.54) is 19.4 Å². The number of benzene rings is 1. The molecule has 118 valence electrons. The van der Waals surface area contributed by atoms with Crippen molar-refractivity contribution < 1.29 is 17.9 Å². The van der Waals surface area contributed by atoms with Crippen LogP contribution >= 0.6 is 0 Å². The smallest absolute Gasteiger partial charge is 0.418 e. The highest BCUT2D eigenvalue weighted by Gasteiger charge is 2.35. The van der Waals surface area contributed by atoms with Crippen LogP contribution < -0.4 is 4.74 Å². The zero-order valence-corrected chi connectivity index (χ0v) is 13.0. The summed E-state index contributed by atoms with van der Waals surface area (Å²) in [5, 5.41) is 0. The molecule has 1 aromatic carbocycles. The molecule has 0 saturated carbocycles. The maximum absolute atomic E-state index is 13.2. The maximum atomic E-state index is 13.2. The Kier molecular flexibility index (Phi) is 4.18. The minimum absolute atomic E-state index is 0.113. The highest BCUT2D eigenvalue weighted by atomic mass is 19.4. The van der Waals surface area contributed by atoms with Gasteiger partial charge in [-0.25, -0.2) is 0 Å². The van der Waals surface area contributed by atoms with Crippen LogP contribution in [-0.2, 0) is 11.6 Å². The summed E-state index contributed by atoms with van der Waals surface area (Å²) in [5.41, 5.74) is 0.205. The molecule has 0 N–H and O–H groups in total. The summed E-state index contributed by atoms with van der Waals surface area (Å²) in [4.78, 5) is 3.95. The average molecular weight is 309 g/mol. The number of halogens is 3. The number of hydrogen-bond acceptors (Lipinski definition) is 2. The van der Waals surface area contributed by atoms with Crippen LogP contribution in [-0.4, -0.2) is 12.1 Å². The van der Waals surface area contributed by atoms with Crippen molar-refractivity contribution in [3.63, 3.8) is 0 Å². The predicted octanol–water partition coefficient (Wildman–Crippen LogP) is 5.07. The molecule has 0 bridgehead atoms. The van der Waals surface area contributed by atoms with E-state index in [2.05, 4.69) is 4.98 Å². The van der Waals surface area contributed by atoms with Gasteiger partial charge in [0.05, 0.1) is 18.4 Å². The monoisotopic (exact) mass is 309 g/mol. The highest BCUT2D eigenvalue weighted by molar-refractivity contribution is 5.71. The summed E-state index contributed by atoms with van der Waals surface area (Å²) in [6.45, 7) is 6.01. The fraction of sp³-hybridized carbons (Fsp3) is 0.353. The first kappa shape index (κ1) is 16.3. The van der Waals surface area contributed by atoms with Gasteiger partial charge in [0.15, 0.2) is 0 Å². The van der Waals surface area contributed by atoms with Crippen LogP contribution in [0.3, 0.4) is 0 Å². The second-order valence-corrected chi connectivity index (χ2v) is 6.06. The molecule has 2 rings (SSSR count). The zero-order chi connectivity index (χ0) is 16.5. The number of rotatable bonds is 2. The second-order valence-electron chi connectivity index (χ2n) is 6.06. The number of methoxy groups -OCH3 is 1. The van der Waals surface area contributed by atoms with Gasteiger partial charge in [0.25, 0.3) is 0 Å². The van der Waals surface area contributed by atoms with E-state index >= 15 is 0 Å². The van der Waals surface area contributed by atoms with Crippen molar-refractivity contribution in [2.45, 2.75) is 32.4 Å². The first-order valence-electron chi connectivity index (χ1n) is 6.85. The van der Waals surface area contributed by atoms with Gasteiger partial charge < -0.3 is 4.74 Å². The fourth-order valence-electron chi connectivity index (χ4n) is 2.21. The van der Waals surface area contributed by atoms with Crippen LogP contribution in [0.5, 0.6) is 5.75 Å². The number of alkyl halides is 3. The zero-order valence-electron chi connectivity index (χ0n) is 13.0. The SMILES string of the molecule is COc1ccc(C(C)(C)C)cc1-c1ncccc1C(F)(F)F. The lowest BCUT2D eigenvalue weighted by Crippen LogP contribution is -2.12. The largest absolute Gasteiger partial charge is 0.496 e. The van der Waals surface area contributed by atoms with Gasteiger partial charge in [-0.3, -0.25) is 4.98 Å². The Morgan fingerprint density at radius 3 is 2.27 bits per heavy atom. The van der Waals surface area contributed by atoms with Gasteiger partial charge in [-0.2, -0.15) is 13.2 Å². The molecule has 0 aliphatic heterocycles. The van der Waals surface area contributed by atoms with Crippen molar-refractivity contribution in [2.75, 3.05) is 7.11 Å². The molecular formula is C17H18F3NO. The molecule has 22 heavy (non-hydrogen) atoms. The average Bonchev–Trinajstić information content (AvgIpc) is 2.44. The molecule has 0 aliphatic carbocycles. The molecule has 0 fully saturated rings. The van der Waals surface area contributed by atoms with Crippen LogP contribution in [0, 0.1) is 0 Å². The lowest BCUT2D eigenvalue weighted by molar-refractivity contribution is -0.137. The highest BCUT2D eigenvalue weighted by Crippen LogP contribution is 2.40. The molecule has 2 aromatic rings. The number of ether oxygens (including phenoxy) is 1. The lowest BCUT2D eigenvalue weighted by atomic mass is 9.85. The molecule has 2 nitrogen and oxygen atoms in total. The van der Waals surface area contributed by atoms with E-state index in [4.69, 9.17) is 4.74 Å². The summed E-state index contributed by atoms with van der Waals surface area (Å²) in [6, 6.07) is 7.58. The number of nitrogens with zero attached hydrogens (tertiary/aromatic N) is 1. The van der Waals surface area contributed by atoms with E-state index in [1.54, 1.807) is 12.1 Å². The van der Waals surface area contributed by atoms with Crippen molar-refractivity contribution in [3.05, 3.63) is 47.7 Å². The van der Waals surface area contributed by atoms with Crippen molar-refractivity contribution in [1.82, 2.24) is 4.98 Å². The Morgan fingerprint density at radius 2 is 1.73 bits per heavy atom. The number of pyridine rings is 1. The van der Waals surface area contributed by atoms with Crippen molar-refractivity contribution >= 4 is 0 Å². The summed E-state index contributed by atoms with van der Waals surface area (Å²) in [7, 11) is 1.44. The normalized spacial score (nSPS) is 12.3. The van der Waals surface area contributed by atoms with Gasteiger partial charge >= 0.3 is 6.18 Å². The van der Waals surface area contributed by atoms with Crippen LogP contribution in [0.4, 0.5) is 13.2 Å². The topological polar surface area (TPSA) is 22.1 Å². The first-order valence-corrected chi connectivity index (χ1v) is 6.85. The van der Waals surface area contributed by atoms with E-state index in [9.17, 15) is 13.2 Å². The molecule has 0 spiro atoms. The Labute approximate surface area is 128 Å². The molecular weight excluding hydrogens is 291 g/mol. The van der Waals surface area contributed by atoms with Crippen molar-refractivity contribution in [1.29, 1.82) is 0 Å². The van der Waals surface area contributed by atoms with Crippen LogP contribution in [0.15, 0.2) is 36.5 Å². The van der Waals surface area contributed by atoms with E-state index < -0.39 is 11.7 Å². The number of aromatic nitrogens is 1. The molecule has 5 heteroatoms. The van der Waals surface area contributed by atoms with Crippen LogP contribution in [0.2, 0.25) is 0 Å². The predicted molar refractivity (Wildman–Crippen MR) is 79.9 cm³/mol. The van der Waals surface area contributed by atoms with Crippen molar-refractivity contribution in [2.24, 2.45) is 0 Å². The Balaban J connectivity index is 2.72. The fourth-order valence-corrected chi connectivity index (χ4v) is 2.21. The third-order valence-electron chi connectivity index (χ3n) is 3.43. The maximum Gasteiger partial charge on any atom is 0.418 e. The quantitative estimate of drug-likeness (QED) is 0.772. The molecule has 0 aliphatic rings. The van der Waals surface area contributed by atoms with Crippen LogP contribution in [0.1, 0.15) is 31.9 Å². The van der Waals surface area contributed by atoms with Gasteiger partial charge in [-0.15, -0.1) is 0 Å². The second kappa shape index (κ2) is 5.63. The first-order chi connectivity index (χ1) is 10.1. The summed E-state index contributed by atoms with van der Waals surface area (Å²) >= 11 is 0. The minimum atomic E-state index is -4.47. The van der Waals surface area contributed by atoms with Crippen LogP contribution in [0.25, 0.3) is 11.3 Å². The molecule has 0 saturated heterocycles. The molecule has 0 amide bonds. The molecule has 1 heterocycles. The number of hydrogen-bond donors (Lipinski definition) is 0. The summed E-state index contributed by atoms with van der Waals surface area (Å²) in [5.74, 6) is 0.372. The van der Waals surface area contributed by atoms with E-state index in [0.29, 0.717) is 11.3 Å². The molecule has 0 unspecified atom stereocenters. The summed E-state index contributed by atoms with van der Waals surface area (Å²) in [6.07, 6.45) is -3.11. The van der Waals surface area contributed by atoms with E-state index in [1.807, 2.05) is 26.8 Å². The minimum Gasteiger partial charge on any atom is -0.496 e. The Hall–Kier alpha value is -2.04. The van der Waals surface area contributed by atoms with Crippen molar-refractivity contribution in [3.8, 4) is 17.0 Å². The third-order valence-corrected chi connectivity index (χ3v) is 3.43. The van der Waals surface area contributed by atoms with E-state index in [-0.39, 0.29) is 11.1 Å². The third kappa shape index (κ3) is 3.24. The molecule has 1 aromatic heterocycles. The summed E-state index contributed by atoms with van der Waals surface area (Å²) < 4.78 is 44.9. The van der Waals surface area contributed by atoms with E-state index in [0.717, 1.165) is 11.6 Å². The van der Waals surface area contributed by atoms with Gasteiger partial charge in [0, 0.05) is 11.8 Å². The van der Waals surface area contributed by atoms with Gasteiger partial charge in [0.1, 0.15) is 5.75 Å². The Bertz CT molecular complexity index is 672. The molecule has 0 atom stereocenters. The molecule has 0 radical (unpaired) electrons. The van der Waals surface area contributed by atoms with Gasteiger partial charge in [0.2, 0.25) is 0 Å². The lowest BCUT2D eigenvalue weighted by Gasteiger charge is -2.22. The Morgan fingerprint density at radius 1 is 1.05 bits per heavy atom. The van der Waals surface area contributed by atoms with Gasteiger partial charge in [-0.05, 0) is 35.2 Å². The van der Waals surface area contributed by atoms with Gasteiger partial charge in [-0.1, -0.05) is 26.8 Å². The standard InChI is InChI=1S/C17H18F3NO/c1-16(2,3)11-7-8-14(22-4)12(10-11)15-13(17(18,19)20)6-5-9-21-15/h5-10H,1-4H3.